The molecule has 1 aromatic heterocycles. The summed E-state index contributed by atoms with van der Waals surface area (Å²) in [6.07, 6.45) is 1.97. The van der Waals surface area contributed by atoms with Crippen LogP contribution in [0.5, 0.6) is 11.5 Å². The minimum Gasteiger partial charge on any atom is -0.497 e. The van der Waals surface area contributed by atoms with Crippen LogP contribution in [-0.4, -0.2) is 43.5 Å². The third-order valence-electron chi connectivity index (χ3n) is 4.31. The Morgan fingerprint density at radius 2 is 1.76 bits per heavy atom. The molecule has 25 heavy (non-hydrogen) atoms. The highest BCUT2D eigenvalue weighted by atomic mass is 16.5. The molecule has 0 unspecified atom stereocenters. The van der Waals surface area contributed by atoms with Crippen molar-refractivity contribution in [2.45, 2.75) is 18.9 Å². The lowest BCUT2D eigenvalue weighted by Gasteiger charge is -2.33. The molecular weight excluding hydrogens is 318 g/mol. The number of nitrogens with one attached hydrogen (secondary N) is 1. The van der Waals surface area contributed by atoms with E-state index in [2.05, 4.69) is 20.4 Å². The predicted octanol–water partition coefficient (Wildman–Crippen LogP) is 2.45. The van der Waals surface area contributed by atoms with E-state index in [4.69, 9.17) is 14.7 Å². The summed E-state index contributed by atoms with van der Waals surface area (Å²) >= 11 is 0. The fourth-order valence-corrected chi connectivity index (χ4v) is 2.93. The van der Waals surface area contributed by atoms with Gasteiger partial charge in [0.2, 0.25) is 0 Å². The molecule has 1 aliphatic heterocycles. The molecule has 2 heterocycles. The van der Waals surface area contributed by atoms with E-state index in [1.807, 2.05) is 30.3 Å². The molecule has 7 nitrogen and oxygen atoms in total. The van der Waals surface area contributed by atoms with Gasteiger partial charge >= 0.3 is 0 Å². The van der Waals surface area contributed by atoms with Gasteiger partial charge in [-0.15, -0.1) is 10.2 Å². The van der Waals surface area contributed by atoms with Crippen molar-refractivity contribution in [3.05, 3.63) is 36.0 Å². The highest BCUT2D eigenvalue weighted by Crippen LogP contribution is 2.28. The number of hydrogen-bond donors (Lipinski definition) is 1. The minimum atomic E-state index is 0.340. The zero-order valence-corrected chi connectivity index (χ0v) is 14.4. The summed E-state index contributed by atoms with van der Waals surface area (Å²) in [4.78, 5) is 2.19. The molecule has 0 atom stereocenters. The smallest absolute Gasteiger partial charge is 0.163 e. The number of aromatic nitrogens is 2. The van der Waals surface area contributed by atoms with E-state index in [1.54, 1.807) is 20.3 Å². The van der Waals surface area contributed by atoms with Gasteiger partial charge in [-0.25, -0.2) is 0 Å². The summed E-state index contributed by atoms with van der Waals surface area (Å²) in [5.41, 5.74) is 1.33. The number of hydrogen-bond acceptors (Lipinski definition) is 7. The molecule has 0 saturated carbocycles. The largest absolute Gasteiger partial charge is 0.497 e. The zero-order chi connectivity index (χ0) is 17.6. The Labute approximate surface area is 147 Å². The molecule has 3 rings (SSSR count). The highest BCUT2D eigenvalue weighted by Gasteiger charge is 2.20. The standard InChI is InChI=1S/C18H21N5O2/c1-24-16-9-15(10-17(11-16)25-2)20-13-5-7-23(8-6-13)18-4-3-14(12-19)21-22-18/h3-4,9-11,13,20H,5-8H2,1-2H3. The third-order valence-corrected chi connectivity index (χ3v) is 4.31. The van der Waals surface area contributed by atoms with Crippen molar-refractivity contribution >= 4 is 11.5 Å². The molecule has 1 N–H and O–H groups in total. The lowest BCUT2D eigenvalue weighted by atomic mass is 10.0. The summed E-state index contributed by atoms with van der Waals surface area (Å²) < 4.78 is 10.6. The molecule has 1 aromatic carbocycles. The van der Waals surface area contributed by atoms with E-state index in [0.717, 1.165) is 48.9 Å². The molecule has 1 saturated heterocycles. The topological polar surface area (TPSA) is 83.3 Å². The van der Waals surface area contributed by atoms with Gasteiger partial charge in [0.05, 0.1) is 14.2 Å². The molecule has 0 amide bonds. The number of benzene rings is 1. The zero-order valence-electron chi connectivity index (χ0n) is 14.4. The Morgan fingerprint density at radius 1 is 1.08 bits per heavy atom. The van der Waals surface area contributed by atoms with E-state index in [1.165, 1.54) is 0 Å². The average molecular weight is 339 g/mol. The second-order valence-corrected chi connectivity index (χ2v) is 5.90. The van der Waals surface area contributed by atoms with Crippen LogP contribution in [0.15, 0.2) is 30.3 Å². The number of nitrogens with zero attached hydrogens (tertiary/aromatic N) is 4. The molecule has 0 bridgehead atoms. The van der Waals surface area contributed by atoms with Crippen molar-refractivity contribution in [1.82, 2.24) is 10.2 Å². The van der Waals surface area contributed by atoms with Crippen molar-refractivity contribution in [2.75, 3.05) is 37.5 Å². The normalized spacial score (nSPS) is 14.7. The number of piperidine rings is 1. The van der Waals surface area contributed by atoms with Gasteiger partial charge < -0.3 is 19.7 Å². The van der Waals surface area contributed by atoms with Crippen LogP contribution >= 0.6 is 0 Å². The maximum atomic E-state index is 8.80. The average Bonchev–Trinajstić information content (AvgIpc) is 2.68. The van der Waals surface area contributed by atoms with Crippen LogP contribution in [0.4, 0.5) is 11.5 Å². The Bertz CT molecular complexity index is 727. The minimum absolute atomic E-state index is 0.340. The van der Waals surface area contributed by atoms with Crippen LogP contribution in [0, 0.1) is 11.3 Å². The summed E-state index contributed by atoms with van der Waals surface area (Å²) in [7, 11) is 3.30. The second-order valence-electron chi connectivity index (χ2n) is 5.90. The van der Waals surface area contributed by atoms with E-state index in [9.17, 15) is 0 Å². The van der Waals surface area contributed by atoms with Crippen molar-refractivity contribution in [2.24, 2.45) is 0 Å². The lowest BCUT2D eigenvalue weighted by Crippen LogP contribution is -2.39. The van der Waals surface area contributed by atoms with Crippen molar-refractivity contribution in [3.63, 3.8) is 0 Å². The first-order chi connectivity index (χ1) is 12.2. The Hall–Kier alpha value is -3.01. The van der Waals surface area contributed by atoms with Gasteiger partial charge in [0.1, 0.15) is 17.6 Å². The summed E-state index contributed by atoms with van der Waals surface area (Å²) in [6, 6.07) is 11.7. The Morgan fingerprint density at radius 3 is 2.28 bits per heavy atom. The fourth-order valence-electron chi connectivity index (χ4n) is 2.93. The van der Waals surface area contributed by atoms with Crippen LogP contribution in [0.2, 0.25) is 0 Å². The first kappa shape index (κ1) is 16.8. The summed E-state index contributed by atoms with van der Waals surface area (Å²) in [6.45, 7) is 1.78. The number of rotatable bonds is 5. The molecule has 1 fully saturated rings. The third kappa shape index (κ3) is 4.10. The Balaban J connectivity index is 1.60. The molecule has 0 radical (unpaired) electrons. The molecule has 2 aromatic rings. The first-order valence-electron chi connectivity index (χ1n) is 8.20. The molecule has 130 valence electrons. The van der Waals surface area contributed by atoms with Crippen molar-refractivity contribution in [1.29, 1.82) is 5.26 Å². The van der Waals surface area contributed by atoms with Crippen LogP contribution in [0.25, 0.3) is 0 Å². The SMILES string of the molecule is COc1cc(NC2CCN(c3ccc(C#N)nn3)CC2)cc(OC)c1. The summed E-state index contributed by atoms with van der Waals surface area (Å²) in [5, 5.41) is 20.4. The van der Waals surface area contributed by atoms with Crippen LogP contribution < -0.4 is 19.7 Å². The van der Waals surface area contributed by atoms with Gasteiger partial charge in [-0.2, -0.15) is 5.26 Å². The van der Waals surface area contributed by atoms with Gasteiger partial charge in [-0.1, -0.05) is 0 Å². The number of methoxy groups -OCH3 is 2. The monoisotopic (exact) mass is 339 g/mol. The van der Waals surface area contributed by atoms with E-state index >= 15 is 0 Å². The van der Waals surface area contributed by atoms with E-state index < -0.39 is 0 Å². The Kier molecular flexibility index (Phi) is 5.19. The van der Waals surface area contributed by atoms with Crippen LogP contribution in [0.1, 0.15) is 18.5 Å². The van der Waals surface area contributed by atoms with Gasteiger partial charge in [0, 0.05) is 43.0 Å². The van der Waals surface area contributed by atoms with Gasteiger partial charge in [0.15, 0.2) is 11.5 Å². The van der Waals surface area contributed by atoms with E-state index in [-0.39, 0.29) is 0 Å². The van der Waals surface area contributed by atoms with Crippen molar-refractivity contribution in [3.8, 4) is 17.6 Å². The van der Waals surface area contributed by atoms with Gasteiger partial charge in [-0.3, -0.25) is 0 Å². The number of nitriles is 1. The van der Waals surface area contributed by atoms with Crippen LogP contribution in [-0.2, 0) is 0 Å². The molecule has 0 aliphatic carbocycles. The molecule has 1 aliphatic rings. The first-order valence-corrected chi connectivity index (χ1v) is 8.20. The predicted molar refractivity (Wildman–Crippen MR) is 95.2 cm³/mol. The lowest BCUT2D eigenvalue weighted by molar-refractivity contribution is 0.394. The maximum Gasteiger partial charge on any atom is 0.163 e. The number of ether oxygens (including phenoxy) is 2. The van der Waals surface area contributed by atoms with Gasteiger partial charge in [0.25, 0.3) is 0 Å². The molecule has 0 spiro atoms. The maximum absolute atomic E-state index is 8.80. The second kappa shape index (κ2) is 7.71. The molecule has 7 heteroatoms. The highest BCUT2D eigenvalue weighted by molar-refractivity contribution is 5.54. The number of anilines is 2. The van der Waals surface area contributed by atoms with Crippen LogP contribution in [0.3, 0.4) is 0 Å². The van der Waals surface area contributed by atoms with E-state index in [0.29, 0.717) is 11.7 Å². The summed E-state index contributed by atoms with van der Waals surface area (Å²) in [5.74, 6) is 2.36. The quantitative estimate of drug-likeness (QED) is 0.895. The molecular formula is C18H21N5O2. The van der Waals surface area contributed by atoms with Crippen molar-refractivity contribution < 1.29 is 9.47 Å². The fraction of sp³-hybridized carbons (Fsp3) is 0.389. The van der Waals surface area contributed by atoms with Gasteiger partial charge in [-0.05, 0) is 25.0 Å².